The quantitative estimate of drug-likeness (QED) is 0.723. The molecule has 1 aromatic rings. The number of hydrogen-bond donors (Lipinski definition) is 0. The maximum Gasteiger partial charge on any atom is 0.185 e. The van der Waals surface area contributed by atoms with Gasteiger partial charge in [-0.05, 0) is 19.8 Å². The van der Waals surface area contributed by atoms with Crippen molar-refractivity contribution in [1.82, 2.24) is 4.98 Å². The number of rotatable bonds is 1. The van der Waals surface area contributed by atoms with Crippen molar-refractivity contribution in [3.8, 4) is 0 Å². The second kappa shape index (κ2) is 3.96. The van der Waals surface area contributed by atoms with Gasteiger partial charge in [0, 0.05) is 23.3 Å². The summed E-state index contributed by atoms with van der Waals surface area (Å²) in [5.74, 6) is 0. The van der Waals surface area contributed by atoms with Crippen LogP contribution in [0.2, 0.25) is 0 Å². The van der Waals surface area contributed by atoms with E-state index in [1.807, 2.05) is 0 Å². The highest BCUT2D eigenvalue weighted by Gasteiger charge is 2.19. The molecule has 1 aromatic heterocycles. The second-order valence-electron chi connectivity index (χ2n) is 3.46. The Morgan fingerprint density at radius 3 is 3.15 bits per heavy atom. The zero-order chi connectivity index (χ0) is 9.26. The van der Waals surface area contributed by atoms with Gasteiger partial charge in [0.05, 0.1) is 5.69 Å². The highest BCUT2D eigenvalue weighted by Crippen LogP contribution is 2.25. The van der Waals surface area contributed by atoms with Crippen LogP contribution in [-0.4, -0.2) is 22.9 Å². The molecule has 2 heterocycles. The van der Waals surface area contributed by atoms with Crippen molar-refractivity contribution in [3.05, 3.63) is 11.1 Å². The van der Waals surface area contributed by atoms with Crippen molar-refractivity contribution >= 4 is 32.4 Å². The molecule has 4 heteroatoms. The van der Waals surface area contributed by atoms with E-state index in [9.17, 15) is 0 Å². The Labute approximate surface area is 91.1 Å². The van der Waals surface area contributed by atoms with E-state index in [-0.39, 0.29) is 0 Å². The molecule has 1 atom stereocenters. The molecule has 1 aliphatic rings. The lowest BCUT2D eigenvalue weighted by Crippen LogP contribution is -2.35. The van der Waals surface area contributed by atoms with Gasteiger partial charge in [-0.3, -0.25) is 0 Å². The van der Waals surface area contributed by atoms with Crippen LogP contribution in [-0.2, 0) is 0 Å². The zero-order valence-corrected chi connectivity index (χ0v) is 10.1. The number of thiazole rings is 1. The molecular formula is C9H13BrN2S. The standard InChI is InChI=1S/C9H13BrN2S/c1-7-6-13-9(11-7)12-4-2-3-8(10)5-12/h6,8H,2-5H2,1H3. The Balaban J connectivity index is 2.08. The monoisotopic (exact) mass is 260 g/mol. The number of aromatic nitrogens is 1. The first kappa shape index (κ1) is 9.46. The van der Waals surface area contributed by atoms with E-state index in [2.05, 4.69) is 38.1 Å². The van der Waals surface area contributed by atoms with Crippen LogP contribution in [0.15, 0.2) is 5.38 Å². The summed E-state index contributed by atoms with van der Waals surface area (Å²) >= 11 is 5.42. The van der Waals surface area contributed by atoms with Crippen LogP contribution in [0, 0.1) is 6.92 Å². The average molecular weight is 261 g/mol. The number of alkyl halides is 1. The molecule has 1 unspecified atom stereocenters. The predicted octanol–water partition coefficient (Wildman–Crippen LogP) is 2.82. The highest BCUT2D eigenvalue weighted by atomic mass is 79.9. The van der Waals surface area contributed by atoms with Crippen molar-refractivity contribution in [1.29, 1.82) is 0 Å². The summed E-state index contributed by atoms with van der Waals surface area (Å²) in [4.78, 5) is 7.51. The first-order valence-electron chi connectivity index (χ1n) is 4.57. The highest BCUT2D eigenvalue weighted by molar-refractivity contribution is 9.09. The molecule has 0 aliphatic carbocycles. The van der Waals surface area contributed by atoms with E-state index >= 15 is 0 Å². The molecule has 0 spiro atoms. The molecule has 1 aliphatic heterocycles. The Hall–Kier alpha value is -0.0900. The van der Waals surface area contributed by atoms with Crippen molar-refractivity contribution in [2.75, 3.05) is 18.0 Å². The lowest BCUT2D eigenvalue weighted by Gasteiger charge is -2.29. The maximum atomic E-state index is 4.49. The first-order chi connectivity index (χ1) is 6.25. The Morgan fingerprint density at radius 1 is 1.69 bits per heavy atom. The molecule has 0 aromatic carbocycles. The van der Waals surface area contributed by atoms with Gasteiger partial charge in [0.2, 0.25) is 0 Å². The van der Waals surface area contributed by atoms with E-state index in [0.29, 0.717) is 4.83 Å². The van der Waals surface area contributed by atoms with Gasteiger partial charge in [-0.25, -0.2) is 4.98 Å². The number of halogens is 1. The third-order valence-corrected chi connectivity index (χ3v) is 4.01. The molecule has 0 N–H and O–H groups in total. The van der Waals surface area contributed by atoms with Crippen LogP contribution in [0.1, 0.15) is 18.5 Å². The van der Waals surface area contributed by atoms with E-state index in [1.54, 1.807) is 11.3 Å². The van der Waals surface area contributed by atoms with Gasteiger partial charge in [-0.1, -0.05) is 15.9 Å². The van der Waals surface area contributed by atoms with Gasteiger partial charge in [0.25, 0.3) is 0 Å². The van der Waals surface area contributed by atoms with Crippen molar-refractivity contribution < 1.29 is 0 Å². The normalized spacial score (nSPS) is 23.5. The lowest BCUT2D eigenvalue weighted by atomic mass is 10.1. The largest absolute Gasteiger partial charge is 0.347 e. The van der Waals surface area contributed by atoms with E-state index in [4.69, 9.17) is 0 Å². The molecule has 1 saturated heterocycles. The molecule has 2 rings (SSSR count). The third-order valence-electron chi connectivity index (χ3n) is 2.24. The number of anilines is 1. The fourth-order valence-electron chi connectivity index (χ4n) is 1.59. The van der Waals surface area contributed by atoms with Crippen molar-refractivity contribution in [2.45, 2.75) is 24.6 Å². The molecule has 0 saturated carbocycles. The number of nitrogens with zero attached hydrogens (tertiary/aromatic N) is 2. The fourth-order valence-corrected chi connectivity index (χ4v) is 3.10. The van der Waals surface area contributed by atoms with Gasteiger partial charge in [0.1, 0.15) is 0 Å². The molecule has 13 heavy (non-hydrogen) atoms. The zero-order valence-electron chi connectivity index (χ0n) is 7.66. The smallest absolute Gasteiger partial charge is 0.185 e. The van der Waals surface area contributed by atoms with Crippen LogP contribution in [0.4, 0.5) is 5.13 Å². The number of aryl methyl sites for hydroxylation is 1. The summed E-state index contributed by atoms with van der Waals surface area (Å²) in [5, 5.41) is 3.30. The van der Waals surface area contributed by atoms with Crippen molar-refractivity contribution in [2.24, 2.45) is 0 Å². The fraction of sp³-hybridized carbons (Fsp3) is 0.667. The molecule has 0 bridgehead atoms. The molecule has 2 nitrogen and oxygen atoms in total. The third kappa shape index (κ3) is 2.23. The topological polar surface area (TPSA) is 16.1 Å². The maximum absolute atomic E-state index is 4.49. The lowest BCUT2D eigenvalue weighted by molar-refractivity contribution is 0.594. The van der Waals surface area contributed by atoms with Crippen LogP contribution in [0.3, 0.4) is 0 Å². The van der Waals surface area contributed by atoms with Gasteiger partial charge < -0.3 is 4.90 Å². The Kier molecular flexibility index (Phi) is 2.89. The van der Waals surface area contributed by atoms with E-state index in [0.717, 1.165) is 18.8 Å². The van der Waals surface area contributed by atoms with Gasteiger partial charge in [0.15, 0.2) is 5.13 Å². The molecular weight excluding hydrogens is 248 g/mol. The average Bonchev–Trinajstić information content (AvgIpc) is 2.52. The van der Waals surface area contributed by atoms with E-state index in [1.165, 1.54) is 18.0 Å². The van der Waals surface area contributed by atoms with Gasteiger partial charge >= 0.3 is 0 Å². The van der Waals surface area contributed by atoms with Crippen LogP contribution < -0.4 is 4.90 Å². The minimum Gasteiger partial charge on any atom is -0.347 e. The molecule has 0 amide bonds. The summed E-state index contributed by atoms with van der Waals surface area (Å²) in [6, 6.07) is 0. The van der Waals surface area contributed by atoms with E-state index < -0.39 is 0 Å². The SMILES string of the molecule is Cc1csc(N2CCCC(Br)C2)n1. The molecule has 1 fully saturated rings. The minimum atomic E-state index is 0.644. The second-order valence-corrected chi connectivity index (χ2v) is 5.59. The summed E-state index contributed by atoms with van der Waals surface area (Å²) in [6.45, 7) is 4.32. The minimum absolute atomic E-state index is 0.644. The first-order valence-corrected chi connectivity index (χ1v) is 6.36. The number of piperidine rings is 1. The van der Waals surface area contributed by atoms with Gasteiger partial charge in [-0.15, -0.1) is 11.3 Å². The van der Waals surface area contributed by atoms with Crippen LogP contribution in [0.5, 0.6) is 0 Å². The molecule has 72 valence electrons. The van der Waals surface area contributed by atoms with Crippen LogP contribution in [0.25, 0.3) is 0 Å². The Morgan fingerprint density at radius 2 is 2.54 bits per heavy atom. The van der Waals surface area contributed by atoms with Crippen LogP contribution >= 0.6 is 27.3 Å². The predicted molar refractivity (Wildman–Crippen MR) is 61.0 cm³/mol. The summed E-state index contributed by atoms with van der Waals surface area (Å²) in [7, 11) is 0. The summed E-state index contributed by atoms with van der Waals surface area (Å²) in [5.41, 5.74) is 1.14. The Bertz CT molecular complexity index is 287. The van der Waals surface area contributed by atoms with Gasteiger partial charge in [-0.2, -0.15) is 0 Å². The summed E-state index contributed by atoms with van der Waals surface area (Å²) < 4.78 is 0. The molecule has 0 radical (unpaired) electrons. The number of hydrogen-bond acceptors (Lipinski definition) is 3. The van der Waals surface area contributed by atoms with Crippen molar-refractivity contribution in [3.63, 3.8) is 0 Å². The summed E-state index contributed by atoms with van der Waals surface area (Å²) in [6.07, 6.45) is 2.56.